The summed E-state index contributed by atoms with van der Waals surface area (Å²) in [6.07, 6.45) is 2.61. The summed E-state index contributed by atoms with van der Waals surface area (Å²) >= 11 is 2.07. The van der Waals surface area contributed by atoms with E-state index < -0.39 is 0 Å². The zero-order chi connectivity index (χ0) is 12.1. The molecule has 1 unspecified atom stereocenters. The molecule has 17 heavy (non-hydrogen) atoms. The first-order valence-corrected chi connectivity index (χ1v) is 7.42. The molecule has 0 saturated carbocycles. The predicted octanol–water partition coefficient (Wildman–Crippen LogP) is 2.88. The van der Waals surface area contributed by atoms with Crippen molar-refractivity contribution in [3.8, 4) is 5.75 Å². The minimum absolute atomic E-state index is 0.516. The SMILES string of the molecule is COc1ccc(C(CN)C2CCSCC2)cc1. The summed E-state index contributed by atoms with van der Waals surface area (Å²) in [5.41, 5.74) is 7.33. The van der Waals surface area contributed by atoms with Crippen LogP contribution in [0.25, 0.3) is 0 Å². The zero-order valence-corrected chi connectivity index (χ0v) is 11.2. The van der Waals surface area contributed by atoms with Crippen molar-refractivity contribution in [3.05, 3.63) is 29.8 Å². The molecule has 0 aromatic heterocycles. The van der Waals surface area contributed by atoms with E-state index in [9.17, 15) is 0 Å². The summed E-state index contributed by atoms with van der Waals surface area (Å²) < 4.78 is 5.19. The standard InChI is InChI=1S/C14H21NOS/c1-16-13-4-2-11(3-5-13)14(10-15)12-6-8-17-9-7-12/h2-5,12,14H,6-10,15H2,1H3. The van der Waals surface area contributed by atoms with Crippen molar-refractivity contribution >= 4 is 11.8 Å². The lowest BCUT2D eigenvalue weighted by molar-refractivity contribution is 0.398. The van der Waals surface area contributed by atoms with Gasteiger partial charge >= 0.3 is 0 Å². The molecule has 2 N–H and O–H groups in total. The first-order valence-electron chi connectivity index (χ1n) is 6.27. The van der Waals surface area contributed by atoms with Gasteiger partial charge in [-0.2, -0.15) is 11.8 Å². The van der Waals surface area contributed by atoms with E-state index in [0.717, 1.165) is 18.2 Å². The van der Waals surface area contributed by atoms with Crippen LogP contribution in [0.2, 0.25) is 0 Å². The molecule has 1 atom stereocenters. The van der Waals surface area contributed by atoms with E-state index in [0.29, 0.717) is 5.92 Å². The number of hydrogen-bond donors (Lipinski definition) is 1. The molecule has 3 heteroatoms. The van der Waals surface area contributed by atoms with Gasteiger partial charge in [-0.05, 0) is 60.4 Å². The van der Waals surface area contributed by atoms with E-state index in [2.05, 4.69) is 23.9 Å². The predicted molar refractivity (Wildman–Crippen MR) is 74.8 cm³/mol. The van der Waals surface area contributed by atoms with Crippen molar-refractivity contribution in [2.75, 3.05) is 25.2 Å². The van der Waals surface area contributed by atoms with Gasteiger partial charge in [-0.15, -0.1) is 0 Å². The number of nitrogens with two attached hydrogens (primary N) is 1. The fourth-order valence-electron chi connectivity index (χ4n) is 2.57. The lowest BCUT2D eigenvalue weighted by Crippen LogP contribution is -2.24. The number of thioether (sulfide) groups is 1. The van der Waals surface area contributed by atoms with Crippen LogP contribution >= 0.6 is 11.8 Å². The third-order valence-corrected chi connectivity index (χ3v) is 4.68. The summed E-state index contributed by atoms with van der Waals surface area (Å²) in [5.74, 6) is 4.77. The lowest BCUT2D eigenvalue weighted by atomic mass is 9.82. The molecular formula is C14H21NOS. The van der Waals surface area contributed by atoms with Gasteiger partial charge in [0.25, 0.3) is 0 Å². The van der Waals surface area contributed by atoms with Crippen LogP contribution in [0.1, 0.15) is 24.3 Å². The van der Waals surface area contributed by atoms with Gasteiger partial charge in [0.05, 0.1) is 7.11 Å². The zero-order valence-electron chi connectivity index (χ0n) is 10.4. The van der Waals surface area contributed by atoms with E-state index in [4.69, 9.17) is 10.5 Å². The van der Waals surface area contributed by atoms with Gasteiger partial charge in [0.2, 0.25) is 0 Å². The van der Waals surface area contributed by atoms with Crippen molar-refractivity contribution in [1.29, 1.82) is 0 Å². The van der Waals surface area contributed by atoms with Gasteiger partial charge in [-0.25, -0.2) is 0 Å². The second-order valence-corrected chi connectivity index (χ2v) is 5.79. The van der Waals surface area contributed by atoms with Crippen molar-refractivity contribution in [3.63, 3.8) is 0 Å². The van der Waals surface area contributed by atoms with Crippen molar-refractivity contribution in [1.82, 2.24) is 0 Å². The van der Waals surface area contributed by atoms with E-state index in [1.807, 2.05) is 12.1 Å². The van der Waals surface area contributed by atoms with Crippen LogP contribution in [0.3, 0.4) is 0 Å². The van der Waals surface area contributed by atoms with E-state index in [1.165, 1.54) is 29.9 Å². The van der Waals surface area contributed by atoms with Crippen LogP contribution in [0.15, 0.2) is 24.3 Å². The molecule has 0 amide bonds. The van der Waals surface area contributed by atoms with E-state index in [1.54, 1.807) is 7.11 Å². The highest BCUT2D eigenvalue weighted by atomic mass is 32.2. The van der Waals surface area contributed by atoms with Gasteiger partial charge in [0, 0.05) is 0 Å². The van der Waals surface area contributed by atoms with Crippen LogP contribution in [-0.4, -0.2) is 25.2 Å². The second kappa shape index (κ2) is 6.31. The number of hydrogen-bond acceptors (Lipinski definition) is 3. The van der Waals surface area contributed by atoms with Crippen molar-refractivity contribution < 1.29 is 4.74 Å². The van der Waals surface area contributed by atoms with Crippen molar-refractivity contribution in [2.24, 2.45) is 11.7 Å². The number of rotatable bonds is 4. The molecule has 1 fully saturated rings. The Balaban J connectivity index is 2.10. The van der Waals surface area contributed by atoms with Crippen LogP contribution in [0.4, 0.5) is 0 Å². The topological polar surface area (TPSA) is 35.2 Å². The Bertz CT molecular complexity index is 333. The molecule has 0 bridgehead atoms. The Morgan fingerprint density at radius 2 is 1.94 bits per heavy atom. The van der Waals surface area contributed by atoms with Crippen LogP contribution < -0.4 is 10.5 Å². The highest BCUT2D eigenvalue weighted by Crippen LogP contribution is 2.34. The van der Waals surface area contributed by atoms with Gasteiger partial charge < -0.3 is 10.5 Å². The molecule has 1 heterocycles. The minimum atomic E-state index is 0.516. The monoisotopic (exact) mass is 251 g/mol. The summed E-state index contributed by atoms with van der Waals surface area (Å²) in [6.45, 7) is 0.752. The van der Waals surface area contributed by atoms with Crippen LogP contribution in [-0.2, 0) is 0 Å². The maximum absolute atomic E-state index is 5.97. The number of ether oxygens (including phenoxy) is 1. The van der Waals surface area contributed by atoms with Gasteiger partial charge in [0.15, 0.2) is 0 Å². The van der Waals surface area contributed by atoms with E-state index in [-0.39, 0.29) is 0 Å². The average molecular weight is 251 g/mol. The molecule has 1 aromatic rings. The summed E-state index contributed by atoms with van der Waals surface area (Å²) in [7, 11) is 1.70. The Morgan fingerprint density at radius 3 is 2.47 bits per heavy atom. The molecule has 1 aliphatic rings. The molecule has 94 valence electrons. The average Bonchev–Trinajstić information content (AvgIpc) is 2.42. The van der Waals surface area contributed by atoms with Gasteiger partial charge in [-0.3, -0.25) is 0 Å². The summed E-state index contributed by atoms with van der Waals surface area (Å²) in [4.78, 5) is 0. The summed E-state index contributed by atoms with van der Waals surface area (Å²) in [5, 5.41) is 0. The Morgan fingerprint density at radius 1 is 1.29 bits per heavy atom. The largest absolute Gasteiger partial charge is 0.497 e. The quantitative estimate of drug-likeness (QED) is 0.893. The molecule has 2 nitrogen and oxygen atoms in total. The highest BCUT2D eigenvalue weighted by molar-refractivity contribution is 7.99. The molecule has 0 spiro atoms. The fraction of sp³-hybridized carbons (Fsp3) is 0.571. The Kier molecular flexibility index (Phi) is 4.75. The molecular weight excluding hydrogens is 230 g/mol. The fourth-order valence-corrected chi connectivity index (χ4v) is 3.71. The maximum Gasteiger partial charge on any atom is 0.118 e. The Labute approximate surface area is 108 Å². The third kappa shape index (κ3) is 3.17. The second-order valence-electron chi connectivity index (χ2n) is 4.57. The van der Waals surface area contributed by atoms with Gasteiger partial charge in [0.1, 0.15) is 5.75 Å². The maximum atomic E-state index is 5.97. The smallest absolute Gasteiger partial charge is 0.118 e. The minimum Gasteiger partial charge on any atom is -0.497 e. The molecule has 1 saturated heterocycles. The van der Waals surface area contributed by atoms with Crippen molar-refractivity contribution in [2.45, 2.75) is 18.8 Å². The van der Waals surface area contributed by atoms with Crippen LogP contribution in [0, 0.1) is 5.92 Å². The molecule has 2 rings (SSSR count). The summed E-state index contributed by atoms with van der Waals surface area (Å²) in [6, 6.07) is 8.40. The molecule has 1 aliphatic heterocycles. The molecule has 1 aromatic carbocycles. The normalized spacial score (nSPS) is 18.9. The number of benzene rings is 1. The molecule has 0 aliphatic carbocycles. The van der Waals surface area contributed by atoms with Gasteiger partial charge in [-0.1, -0.05) is 12.1 Å². The highest BCUT2D eigenvalue weighted by Gasteiger charge is 2.24. The number of methoxy groups -OCH3 is 1. The van der Waals surface area contributed by atoms with Crippen LogP contribution in [0.5, 0.6) is 5.75 Å². The molecule has 0 radical (unpaired) electrons. The lowest BCUT2D eigenvalue weighted by Gasteiger charge is -2.29. The van der Waals surface area contributed by atoms with E-state index >= 15 is 0 Å². The first kappa shape index (κ1) is 12.8. The Hall–Kier alpha value is -0.670. The third-order valence-electron chi connectivity index (χ3n) is 3.63. The first-order chi connectivity index (χ1) is 8.35.